The molecule has 1 aromatic heterocycles. The molecule has 21 heavy (non-hydrogen) atoms. The molecular weight excluding hydrogens is 326 g/mol. The van der Waals surface area contributed by atoms with E-state index in [1.165, 1.54) is 19.3 Å². The summed E-state index contributed by atoms with van der Waals surface area (Å²) in [5.74, 6) is 1.54. The number of nitrogens with one attached hydrogen (secondary N) is 1. The number of nitrogens with two attached hydrogens (primary N) is 1. The second-order valence-electron chi connectivity index (χ2n) is 6.11. The molecule has 0 amide bonds. The molecule has 0 aliphatic heterocycles. The van der Waals surface area contributed by atoms with Crippen molar-refractivity contribution in [3.63, 3.8) is 0 Å². The lowest BCUT2D eigenvalue weighted by Gasteiger charge is -2.23. The SMILES string of the molecule is CCC1CCC(Nc2ccc(N)c3cc(Br)cnc23)C1C. The monoisotopic (exact) mass is 347 g/mol. The summed E-state index contributed by atoms with van der Waals surface area (Å²) in [5.41, 5.74) is 8.92. The largest absolute Gasteiger partial charge is 0.398 e. The summed E-state index contributed by atoms with van der Waals surface area (Å²) in [6, 6.07) is 6.60. The van der Waals surface area contributed by atoms with Crippen LogP contribution in [0, 0.1) is 11.8 Å². The van der Waals surface area contributed by atoms with Crippen molar-refractivity contribution < 1.29 is 0 Å². The first-order valence-corrected chi connectivity index (χ1v) is 8.49. The maximum atomic E-state index is 6.08. The molecule has 1 heterocycles. The standard InChI is InChI=1S/C17H22BrN3/c1-3-11-4-6-15(10(11)2)21-16-7-5-14(19)13-8-12(18)9-20-17(13)16/h5,7-11,15,21H,3-4,6,19H2,1-2H3. The second kappa shape index (κ2) is 5.84. The number of hydrogen-bond acceptors (Lipinski definition) is 3. The van der Waals surface area contributed by atoms with Crippen LogP contribution in [0.3, 0.4) is 0 Å². The molecule has 1 aliphatic carbocycles. The zero-order chi connectivity index (χ0) is 15.0. The second-order valence-corrected chi connectivity index (χ2v) is 7.02. The van der Waals surface area contributed by atoms with E-state index in [2.05, 4.69) is 46.1 Å². The Bertz CT molecular complexity index is 656. The van der Waals surface area contributed by atoms with E-state index in [0.29, 0.717) is 12.0 Å². The third-order valence-electron chi connectivity index (χ3n) is 4.94. The van der Waals surface area contributed by atoms with Crippen LogP contribution in [0.4, 0.5) is 11.4 Å². The van der Waals surface area contributed by atoms with Gasteiger partial charge in [-0.1, -0.05) is 20.3 Å². The van der Waals surface area contributed by atoms with Gasteiger partial charge in [-0.05, 0) is 58.8 Å². The van der Waals surface area contributed by atoms with E-state index in [0.717, 1.165) is 32.7 Å². The number of aromatic nitrogens is 1. The average molecular weight is 348 g/mol. The van der Waals surface area contributed by atoms with Gasteiger partial charge in [0.25, 0.3) is 0 Å². The van der Waals surface area contributed by atoms with Gasteiger partial charge in [-0.25, -0.2) is 0 Å². The molecule has 3 N–H and O–H groups in total. The Kier molecular flexibility index (Phi) is 4.07. The van der Waals surface area contributed by atoms with Crippen molar-refractivity contribution in [2.75, 3.05) is 11.1 Å². The minimum absolute atomic E-state index is 0.534. The van der Waals surface area contributed by atoms with Crippen molar-refractivity contribution >= 4 is 38.2 Å². The molecule has 2 aromatic rings. The number of nitrogen functional groups attached to an aromatic ring is 1. The number of anilines is 2. The summed E-state index contributed by atoms with van der Waals surface area (Å²) in [6.45, 7) is 4.66. The molecule has 1 aromatic carbocycles. The first-order chi connectivity index (χ1) is 10.1. The van der Waals surface area contributed by atoms with Gasteiger partial charge in [0.1, 0.15) is 0 Å². The molecule has 1 aliphatic rings. The zero-order valence-electron chi connectivity index (χ0n) is 12.6. The molecule has 1 fully saturated rings. The highest BCUT2D eigenvalue weighted by Crippen LogP contribution is 2.37. The Balaban J connectivity index is 1.93. The Morgan fingerprint density at radius 1 is 1.38 bits per heavy atom. The van der Waals surface area contributed by atoms with Gasteiger partial charge in [0.15, 0.2) is 0 Å². The van der Waals surface area contributed by atoms with Crippen LogP contribution in [0.5, 0.6) is 0 Å². The predicted octanol–water partition coefficient (Wildman–Crippen LogP) is 4.82. The number of pyridine rings is 1. The third kappa shape index (κ3) is 2.73. The maximum Gasteiger partial charge on any atom is 0.0954 e. The molecule has 0 bridgehead atoms. The molecule has 3 rings (SSSR count). The number of fused-ring (bicyclic) bond motifs is 1. The summed E-state index contributed by atoms with van der Waals surface area (Å²) in [6.07, 6.45) is 5.66. The molecule has 0 spiro atoms. The number of nitrogens with zero attached hydrogens (tertiary/aromatic N) is 1. The first kappa shape index (κ1) is 14.6. The van der Waals surface area contributed by atoms with Gasteiger partial charge in [0, 0.05) is 27.8 Å². The van der Waals surface area contributed by atoms with Crippen LogP contribution in [-0.4, -0.2) is 11.0 Å². The molecule has 3 unspecified atom stereocenters. The number of halogens is 1. The van der Waals surface area contributed by atoms with E-state index in [1.54, 1.807) is 0 Å². The van der Waals surface area contributed by atoms with Crippen molar-refractivity contribution in [1.82, 2.24) is 4.98 Å². The summed E-state index contributed by atoms with van der Waals surface area (Å²) in [4.78, 5) is 4.56. The van der Waals surface area contributed by atoms with Crippen LogP contribution >= 0.6 is 15.9 Å². The van der Waals surface area contributed by atoms with Crippen molar-refractivity contribution in [3.05, 3.63) is 28.9 Å². The molecule has 0 saturated heterocycles. The minimum Gasteiger partial charge on any atom is -0.398 e. The third-order valence-corrected chi connectivity index (χ3v) is 5.38. The maximum absolute atomic E-state index is 6.08. The van der Waals surface area contributed by atoms with Crippen LogP contribution in [0.15, 0.2) is 28.9 Å². The summed E-state index contributed by atoms with van der Waals surface area (Å²) in [5, 5.41) is 4.72. The smallest absolute Gasteiger partial charge is 0.0954 e. The normalized spacial score (nSPS) is 25.4. The van der Waals surface area contributed by atoms with E-state index >= 15 is 0 Å². The van der Waals surface area contributed by atoms with E-state index < -0.39 is 0 Å². The van der Waals surface area contributed by atoms with E-state index in [9.17, 15) is 0 Å². The molecule has 1 saturated carbocycles. The fourth-order valence-corrected chi connectivity index (χ4v) is 3.89. The number of hydrogen-bond donors (Lipinski definition) is 2. The van der Waals surface area contributed by atoms with Gasteiger partial charge in [-0.15, -0.1) is 0 Å². The van der Waals surface area contributed by atoms with Crippen LogP contribution in [0.25, 0.3) is 10.9 Å². The van der Waals surface area contributed by atoms with Gasteiger partial charge in [-0.3, -0.25) is 4.98 Å². The Labute approximate surface area is 134 Å². The Morgan fingerprint density at radius 3 is 2.90 bits per heavy atom. The van der Waals surface area contributed by atoms with Crippen molar-refractivity contribution in [2.24, 2.45) is 11.8 Å². The summed E-state index contributed by atoms with van der Waals surface area (Å²) < 4.78 is 0.958. The summed E-state index contributed by atoms with van der Waals surface area (Å²) >= 11 is 3.47. The fraction of sp³-hybridized carbons (Fsp3) is 0.471. The fourth-order valence-electron chi connectivity index (χ4n) is 3.56. The molecule has 4 heteroatoms. The molecule has 3 nitrogen and oxygen atoms in total. The van der Waals surface area contributed by atoms with Crippen LogP contribution in [-0.2, 0) is 0 Å². The lowest BCUT2D eigenvalue weighted by atomic mass is 9.93. The van der Waals surface area contributed by atoms with Gasteiger partial charge < -0.3 is 11.1 Å². The summed E-state index contributed by atoms with van der Waals surface area (Å²) in [7, 11) is 0. The lowest BCUT2D eigenvalue weighted by Crippen LogP contribution is -2.24. The molecule has 0 radical (unpaired) electrons. The van der Waals surface area contributed by atoms with E-state index in [4.69, 9.17) is 5.73 Å². The van der Waals surface area contributed by atoms with Crippen LogP contribution in [0.2, 0.25) is 0 Å². The topological polar surface area (TPSA) is 50.9 Å². The van der Waals surface area contributed by atoms with Crippen LogP contribution in [0.1, 0.15) is 33.1 Å². The predicted molar refractivity (Wildman–Crippen MR) is 93.4 cm³/mol. The van der Waals surface area contributed by atoms with Gasteiger partial charge >= 0.3 is 0 Å². The molecule has 3 atom stereocenters. The van der Waals surface area contributed by atoms with Gasteiger partial charge in [0.2, 0.25) is 0 Å². The Morgan fingerprint density at radius 2 is 2.19 bits per heavy atom. The van der Waals surface area contributed by atoms with Crippen molar-refractivity contribution in [2.45, 2.75) is 39.2 Å². The molecular formula is C17H22BrN3. The minimum atomic E-state index is 0.534. The Hall–Kier alpha value is -1.29. The zero-order valence-corrected chi connectivity index (χ0v) is 14.2. The van der Waals surface area contributed by atoms with Gasteiger partial charge in [-0.2, -0.15) is 0 Å². The average Bonchev–Trinajstić information content (AvgIpc) is 2.83. The van der Waals surface area contributed by atoms with E-state index in [-0.39, 0.29) is 0 Å². The van der Waals surface area contributed by atoms with Gasteiger partial charge in [0.05, 0.1) is 11.2 Å². The van der Waals surface area contributed by atoms with Crippen molar-refractivity contribution in [1.29, 1.82) is 0 Å². The van der Waals surface area contributed by atoms with Crippen LogP contribution < -0.4 is 11.1 Å². The number of benzene rings is 1. The van der Waals surface area contributed by atoms with E-state index in [1.807, 2.05) is 18.3 Å². The highest BCUT2D eigenvalue weighted by atomic mass is 79.9. The lowest BCUT2D eigenvalue weighted by molar-refractivity contribution is 0.392. The van der Waals surface area contributed by atoms with Crippen molar-refractivity contribution in [3.8, 4) is 0 Å². The number of rotatable bonds is 3. The highest BCUT2D eigenvalue weighted by molar-refractivity contribution is 9.10. The highest BCUT2D eigenvalue weighted by Gasteiger charge is 2.31. The molecule has 112 valence electrons. The quantitative estimate of drug-likeness (QED) is 0.782. The first-order valence-electron chi connectivity index (χ1n) is 7.70.